The molecule has 6 rings (SSSR count). The summed E-state index contributed by atoms with van der Waals surface area (Å²) >= 11 is 0. The minimum Gasteiger partial charge on any atom is -0.492 e. The van der Waals surface area contributed by atoms with Gasteiger partial charge in [-0.3, -0.25) is 4.40 Å². The van der Waals surface area contributed by atoms with E-state index in [2.05, 4.69) is 35.3 Å². The lowest BCUT2D eigenvalue weighted by atomic mass is 9.85. The van der Waals surface area contributed by atoms with Gasteiger partial charge in [0.25, 0.3) is 0 Å². The quantitative estimate of drug-likeness (QED) is 0.435. The molecule has 0 radical (unpaired) electrons. The highest BCUT2D eigenvalue weighted by Gasteiger charge is 2.27. The van der Waals surface area contributed by atoms with Gasteiger partial charge in [0, 0.05) is 34.8 Å². The van der Waals surface area contributed by atoms with E-state index in [0.29, 0.717) is 11.4 Å². The fraction of sp³-hybridized carbons (Fsp3) is 0.160. The van der Waals surface area contributed by atoms with Crippen molar-refractivity contribution < 1.29 is 5.11 Å². The van der Waals surface area contributed by atoms with E-state index in [0.717, 1.165) is 52.1 Å². The Hall–Kier alpha value is -3.73. The van der Waals surface area contributed by atoms with Crippen LogP contribution < -0.4 is 0 Å². The van der Waals surface area contributed by atoms with Gasteiger partial charge in [-0.25, -0.2) is 15.0 Å². The number of hydrogen-bond donors (Lipinski definition) is 1. The number of nitrogens with zero attached hydrogens (tertiary/aromatic N) is 4. The van der Waals surface area contributed by atoms with E-state index >= 15 is 0 Å². The van der Waals surface area contributed by atoms with Gasteiger partial charge in [0.05, 0.1) is 11.2 Å². The number of benzene rings is 2. The van der Waals surface area contributed by atoms with Crippen molar-refractivity contribution in [2.75, 3.05) is 0 Å². The summed E-state index contributed by atoms with van der Waals surface area (Å²) < 4.78 is 2.00. The van der Waals surface area contributed by atoms with E-state index in [9.17, 15) is 5.11 Å². The van der Waals surface area contributed by atoms with Crippen molar-refractivity contribution in [1.29, 1.82) is 0 Å². The molecule has 5 heteroatoms. The first-order chi connectivity index (χ1) is 14.8. The van der Waals surface area contributed by atoms with Gasteiger partial charge in [0.1, 0.15) is 17.0 Å². The second kappa shape index (κ2) is 6.66. The Labute approximate surface area is 173 Å². The summed E-state index contributed by atoms with van der Waals surface area (Å²) in [5, 5.41) is 11.6. The van der Waals surface area contributed by atoms with Crippen molar-refractivity contribution >= 4 is 16.4 Å². The van der Waals surface area contributed by atoms with Crippen LogP contribution in [0.5, 0.6) is 5.88 Å². The average molecular weight is 392 g/mol. The molecule has 0 bridgehead atoms. The van der Waals surface area contributed by atoms with E-state index in [1.807, 2.05) is 40.9 Å². The summed E-state index contributed by atoms with van der Waals surface area (Å²) in [6.45, 7) is 0. The van der Waals surface area contributed by atoms with Gasteiger partial charge in [-0.1, -0.05) is 55.0 Å². The molecular formula is C25H20N4O. The van der Waals surface area contributed by atoms with Gasteiger partial charge in [-0.15, -0.1) is 0 Å². The second-order valence-electron chi connectivity index (χ2n) is 7.89. The molecule has 2 aromatic carbocycles. The van der Waals surface area contributed by atoms with Gasteiger partial charge >= 0.3 is 0 Å². The molecule has 30 heavy (non-hydrogen) atoms. The van der Waals surface area contributed by atoms with Gasteiger partial charge < -0.3 is 5.11 Å². The Morgan fingerprint density at radius 2 is 1.73 bits per heavy atom. The zero-order chi connectivity index (χ0) is 20.1. The number of aromatic nitrogens is 4. The first kappa shape index (κ1) is 17.2. The molecule has 0 aliphatic heterocycles. The van der Waals surface area contributed by atoms with Gasteiger partial charge in [0.2, 0.25) is 5.88 Å². The normalized spacial score (nSPS) is 14.3. The van der Waals surface area contributed by atoms with Gasteiger partial charge in [-0.2, -0.15) is 0 Å². The maximum Gasteiger partial charge on any atom is 0.238 e. The molecule has 1 saturated carbocycles. The predicted octanol–water partition coefficient (Wildman–Crippen LogP) is 5.58. The van der Waals surface area contributed by atoms with Crippen LogP contribution in [0.3, 0.4) is 0 Å². The Morgan fingerprint density at radius 3 is 2.53 bits per heavy atom. The predicted molar refractivity (Wildman–Crippen MR) is 117 cm³/mol. The summed E-state index contributed by atoms with van der Waals surface area (Å²) in [6, 6.07) is 20.5. The monoisotopic (exact) mass is 392 g/mol. The number of rotatable bonds is 3. The molecule has 1 N–H and O–H groups in total. The zero-order valence-electron chi connectivity index (χ0n) is 16.4. The summed E-state index contributed by atoms with van der Waals surface area (Å²) in [7, 11) is 0. The maximum absolute atomic E-state index is 10.5. The third kappa shape index (κ3) is 2.66. The lowest BCUT2D eigenvalue weighted by Gasteiger charge is -2.23. The minimum atomic E-state index is 0.0108. The van der Waals surface area contributed by atoms with Crippen LogP contribution in [0.15, 0.2) is 73.1 Å². The van der Waals surface area contributed by atoms with E-state index in [1.165, 1.54) is 6.42 Å². The van der Waals surface area contributed by atoms with Gasteiger partial charge in [-0.05, 0) is 25.0 Å². The number of fused-ring (bicyclic) bond motifs is 2. The number of pyridine rings is 1. The summed E-state index contributed by atoms with van der Waals surface area (Å²) in [6.07, 6.45) is 7.03. The van der Waals surface area contributed by atoms with Crippen molar-refractivity contribution in [1.82, 2.24) is 19.4 Å². The van der Waals surface area contributed by atoms with Crippen LogP contribution in [0.2, 0.25) is 0 Å². The Kier molecular flexibility index (Phi) is 3.81. The lowest BCUT2D eigenvalue weighted by Crippen LogP contribution is -2.12. The fourth-order valence-electron chi connectivity index (χ4n) is 4.24. The molecule has 1 aliphatic carbocycles. The number of aromatic hydroxyl groups is 1. The Bertz CT molecular complexity index is 1390. The molecule has 5 nitrogen and oxygen atoms in total. The van der Waals surface area contributed by atoms with Crippen LogP contribution in [-0.4, -0.2) is 24.5 Å². The molecular weight excluding hydrogens is 372 g/mol. The van der Waals surface area contributed by atoms with Crippen molar-refractivity contribution in [3.8, 4) is 28.4 Å². The summed E-state index contributed by atoms with van der Waals surface area (Å²) in [4.78, 5) is 14.0. The van der Waals surface area contributed by atoms with Crippen molar-refractivity contribution in [3.63, 3.8) is 0 Å². The van der Waals surface area contributed by atoms with Crippen LogP contribution in [0.1, 0.15) is 31.0 Å². The third-order valence-corrected chi connectivity index (χ3v) is 6.07. The summed E-state index contributed by atoms with van der Waals surface area (Å²) in [5.74, 6) is 1.46. The number of hydrogen-bond acceptors (Lipinski definition) is 4. The van der Waals surface area contributed by atoms with Crippen molar-refractivity contribution in [3.05, 3.63) is 78.9 Å². The second-order valence-corrected chi connectivity index (χ2v) is 7.89. The first-order valence-corrected chi connectivity index (χ1v) is 10.3. The van der Waals surface area contributed by atoms with E-state index in [1.54, 1.807) is 6.20 Å². The Balaban J connectivity index is 1.53. The van der Waals surface area contributed by atoms with Crippen molar-refractivity contribution in [2.45, 2.75) is 25.2 Å². The number of imidazole rings is 1. The van der Waals surface area contributed by atoms with Crippen LogP contribution >= 0.6 is 0 Å². The lowest BCUT2D eigenvalue weighted by molar-refractivity contribution is 0.399. The highest BCUT2D eigenvalue weighted by atomic mass is 16.3. The maximum atomic E-state index is 10.5. The molecule has 5 aromatic rings. The fourth-order valence-corrected chi connectivity index (χ4v) is 4.24. The van der Waals surface area contributed by atoms with E-state index in [4.69, 9.17) is 9.97 Å². The Morgan fingerprint density at radius 1 is 0.900 bits per heavy atom. The molecule has 146 valence electrons. The molecule has 3 aromatic heterocycles. The SMILES string of the molecule is Oc1nccn2c(C3CCC3)nc(-c3ccc4ccc(-c5ccccc5)nc4c3)c12. The largest absolute Gasteiger partial charge is 0.492 e. The minimum absolute atomic E-state index is 0.0108. The highest BCUT2D eigenvalue weighted by Crippen LogP contribution is 2.40. The molecule has 1 aliphatic rings. The van der Waals surface area contributed by atoms with E-state index in [-0.39, 0.29) is 5.88 Å². The van der Waals surface area contributed by atoms with Crippen LogP contribution in [0.4, 0.5) is 0 Å². The third-order valence-electron chi connectivity index (χ3n) is 6.07. The molecule has 0 amide bonds. The molecule has 0 unspecified atom stereocenters. The smallest absolute Gasteiger partial charge is 0.238 e. The average Bonchev–Trinajstić information content (AvgIpc) is 3.13. The molecule has 0 saturated heterocycles. The topological polar surface area (TPSA) is 63.3 Å². The van der Waals surface area contributed by atoms with Crippen LogP contribution in [0.25, 0.3) is 38.9 Å². The van der Waals surface area contributed by atoms with Crippen molar-refractivity contribution in [2.24, 2.45) is 0 Å². The molecule has 0 spiro atoms. The summed E-state index contributed by atoms with van der Waals surface area (Å²) in [5.41, 5.74) is 5.30. The molecule has 3 heterocycles. The zero-order valence-corrected chi connectivity index (χ0v) is 16.4. The molecule has 0 atom stereocenters. The van der Waals surface area contributed by atoms with Crippen LogP contribution in [0, 0.1) is 0 Å². The first-order valence-electron chi connectivity index (χ1n) is 10.3. The molecule has 1 fully saturated rings. The van der Waals surface area contributed by atoms with E-state index < -0.39 is 0 Å². The highest BCUT2D eigenvalue weighted by molar-refractivity contribution is 5.89. The van der Waals surface area contributed by atoms with Crippen LogP contribution in [-0.2, 0) is 0 Å². The standard InChI is InChI=1S/C25H20N4O/c30-25-23-22(28-24(18-7-4-8-18)29(23)14-13-26-25)19-10-9-17-11-12-20(27-21(17)15-19)16-5-2-1-3-6-16/h1-3,5-6,9-15,18H,4,7-8H2,(H,26,30). The van der Waals surface area contributed by atoms with Gasteiger partial charge in [0.15, 0.2) is 0 Å².